The van der Waals surface area contributed by atoms with Gasteiger partial charge in [-0.3, -0.25) is 0 Å². The van der Waals surface area contributed by atoms with Gasteiger partial charge in [0.05, 0.1) is 6.61 Å². The van der Waals surface area contributed by atoms with Gasteiger partial charge in [-0.2, -0.15) is 0 Å². The molecule has 0 aromatic carbocycles. The minimum Gasteiger partial charge on any atom is -0.449 e. The van der Waals surface area contributed by atoms with Crippen LogP contribution in [-0.4, -0.2) is 44.4 Å². The van der Waals surface area contributed by atoms with Gasteiger partial charge in [-0.25, -0.2) is 4.79 Å². The van der Waals surface area contributed by atoms with Crippen molar-refractivity contribution >= 4 is 6.09 Å². The van der Waals surface area contributed by atoms with Crippen molar-refractivity contribution < 1.29 is 14.3 Å². The summed E-state index contributed by atoms with van der Waals surface area (Å²) in [6.07, 6.45) is 0.472. The molecule has 13 heavy (non-hydrogen) atoms. The molecule has 0 fully saturated rings. The monoisotopic (exact) mass is 189 g/mol. The van der Waals surface area contributed by atoms with Crippen LogP contribution in [0, 0.1) is 0 Å². The van der Waals surface area contributed by atoms with Crippen molar-refractivity contribution in [2.75, 3.05) is 27.4 Å². The average molecular weight is 189 g/mol. The second-order valence-corrected chi connectivity index (χ2v) is 3.17. The third-order valence-electron chi connectivity index (χ3n) is 1.78. The number of rotatable bonds is 5. The number of amides is 1. The summed E-state index contributed by atoms with van der Waals surface area (Å²) in [5.41, 5.74) is 0. The largest absolute Gasteiger partial charge is 0.449 e. The first-order valence-corrected chi connectivity index (χ1v) is 4.48. The summed E-state index contributed by atoms with van der Waals surface area (Å²) in [6.45, 7) is 4.93. The Hall–Kier alpha value is -0.770. The van der Waals surface area contributed by atoms with E-state index in [1.807, 2.05) is 13.8 Å². The minimum absolute atomic E-state index is 0.176. The fourth-order valence-electron chi connectivity index (χ4n) is 0.675. The Morgan fingerprint density at radius 1 is 1.38 bits per heavy atom. The van der Waals surface area contributed by atoms with Gasteiger partial charge in [0.15, 0.2) is 0 Å². The van der Waals surface area contributed by atoms with Crippen LogP contribution >= 0.6 is 0 Å². The summed E-state index contributed by atoms with van der Waals surface area (Å²) >= 11 is 0. The molecule has 1 amide bonds. The second kappa shape index (κ2) is 6.71. The van der Waals surface area contributed by atoms with Crippen LogP contribution in [0.3, 0.4) is 0 Å². The molecule has 0 aliphatic carbocycles. The van der Waals surface area contributed by atoms with E-state index in [1.165, 1.54) is 0 Å². The van der Waals surface area contributed by atoms with Crippen LogP contribution in [-0.2, 0) is 9.47 Å². The van der Waals surface area contributed by atoms with E-state index < -0.39 is 0 Å². The van der Waals surface area contributed by atoms with E-state index in [0.717, 1.165) is 6.42 Å². The molecule has 4 nitrogen and oxygen atoms in total. The summed E-state index contributed by atoms with van der Waals surface area (Å²) in [5.74, 6) is 0. The Bertz CT molecular complexity index is 148. The predicted molar refractivity (Wildman–Crippen MR) is 50.7 cm³/mol. The Morgan fingerprint density at radius 2 is 2.00 bits per heavy atom. The normalized spacial score (nSPS) is 10.2. The first kappa shape index (κ1) is 12.2. The second-order valence-electron chi connectivity index (χ2n) is 3.17. The maximum atomic E-state index is 11.2. The van der Waals surface area contributed by atoms with Gasteiger partial charge in [0.2, 0.25) is 0 Å². The molecule has 0 N–H and O–H groups in total. The number of hydrogen-bond donors (Lipinski definition) is 0. The zero-order valence-corrected chi connectivity index (χ0v) is 8.87. The van der Waals surface area contributed by atoms with Gasteiger partial charge in [-0.05, 0) is 13.8 Å². The standard InChI is InChI=1S/C9H19NO3/c1-8(2)10(3)9(11)13-7-5-6-12-4/h8H,5-7H2,1-4H3. The number of methoxy groups -OCH3 is 1. The van der Waals surface area contributed by atoms with E-state index in [1.54, 1.807) is 19.1 Å². The number of carbonyl (C=O) groups is 1. The molecule has 0 heterocycles. The lowest BCUT2D eigenvalue weighted by molar-refractivity contribution is 0.0903. The summed E-state index contributed by atoms with van der Waals surface area (Å²) in [5, 5.41) is 0. The van der Waals surface area contributed by atoms with Crippen molar-refractivity contribution in [3.63, 3.8) is 0 Å². The Kier molecular flexibility index (Phi) is 6.32. The number of nitrogens with zero attached hydrogens (tertiary/aromatic N) is 1. The third-order valence-corrected chi connectivity index (χ3v) is 1.78. The molecule has 0 atom stereocenters. The average Bonchev–Trinajstić information content (AvgIpc) is 2.10. The highest BCUT2D eigenvalue weighted by molar-refractivity contribution is 5.67. The van der Waals surface area contributed by atoms with Crippen molar-refractivity contribution in [2.24, 2.45) is 0 Å². The van der Waals surface area contributed by atoms with Crippen LogP contribution in [0.1, 0.15) is 20.3 Å². The van der Waals surface area contributed by atoms with Crippen LogP contribution in [0.25, 0.3) is 0 Å². The predicted octanol–water partition coefficient (Wildman–Crippen LogP) is 1.50. The van der Waals surface area contributed by atoms with E-state index >= 15 is 0 Å². The van der Waals surface area contributed by atoms with E-state index in [-0.39, 0.29) is 12.1 Å². The molecule has 0 radical (unpaired) electrons. The number of hydrogen-bond acceptors (Lipinski definition) is 3. The van der Waals surface area contributed by atoms with E-state index in [0.29, 0.717) is 13.2 Å². The van der Waals surface area contributed by atoms with Gasteiger partial charge in [0.25, 0.3) is 0 Å². The van der Waals surface area contributed by atoms with E-state index in [4.69, 9.17) is 9.47 Å². The van der Waals surface area contributed by atoms with Gasteiger partial charge in [-0.15, -0.1) is 0 Å². The fourth-order valence-corrected chi connectivity index (χ4v) is 0.675. The first-order chi connectivity index (χ1) is 6.09. The molecule has 0 aromatic rings. The van der Waals surface area contributed by atoms with Crippen molar-refractivity contribution in [3.05, 3.63) is 0 Å². The number of carbonyl (C=O) groups excluding carboxylic acids is 1. The van der Waals surface area contributed by atoms with E-state index in [9.17, 15) is 4.79 Å². The SMILES string of the molecule is COCCCOC(=O)N(C)C(C)C. The zero-order chi connectivity index (χ0) is 10.3. The lowest BCUT2D eigenvalue weighted by atomic mass is 10.4. The van der Waals surface area contributed by atoms with Gasteiger partial charge in [0, 0.05) is 33.2 Å². The first-order valence-electron chi connectivity index (χ1n) is 4.48. The van der Waals surface area contributed by atoms with Crippen LogP contribution in [0.4, 0.5) is 4.79 Å². The molecule has 0 spiro atoms. The number of ether oxygens (including phenoxy) is 2. The summed E-state index contributed by atoms with van der Waals surface area (Å²) in [4.78, 5) is 12.8. The molecule has 0 aliphatic heterocycles. The van der Waals surface area contributed by atoms with Crippen molar-refractivity contribution in [1.29, 1.82) is 0 Å². The summed E-state index contributed by atoms with van der Waals surface area (Å²) in [7, 11) is 3.35. The molecule has 0 saturated carbocycles. The molecule has 0 unspecified atom stereocenters. The molecular weight excluding hydrogens is 170 g/mol. The lowest BCUT2D eigenvalue weighted by Gasteiger charge is -2.20. The van der Waals surface area contributed by atoms with Gasteiger partial charge >= 0.3 is 6.09 Å². The summed E-state index contributed by atoms with van der Waals surface area (Å²) in [6, 6.07) is 0.176. The molecule has 4 heteroatoms. The zero-order valence-electron chi connectivity index (χ0n) is 8.87. The van der Waals surface area contributed by atoms with Crippen molar-refractivity contribution in [2.45, 2.75) is 26.3 Å². The van der Waals surface area contributed by atoms with Crippen LogP contribution in [0.2, 0.25) is 0 Å². The van der Waals surface area contributed by atoms with Gasteiger partial charge in [0.1, 0.15) is 0 Å². The highest BCUT2D eigenvalue weighted by atomic mass is 16.6. The maximum absolute atomic E-state index is 11.2. The molecule has 0 saturated heterocycles. The Morgan fingerprint density at radius 3 is 2.46 bits per heavy atom. The van der Waals surface area contributed by atoms with E-state index in [2.05, 4.69) is 0 Å². The molecule has 0 bridgehead atoms. The fraction of sp³-hybridized carbons (Fsp3) is 0.889. The Balaban J connectivity index is 3.50. The topological polar surface area (TPSA) is 38.8 Å². The minimum atomic E-state index is -0.272. The third kappa shape index (κ3) is 5.47. The van der Waals surface area contributed by atoms with Crippen LogP contribution in [0.5, 0.6) is 0 Å². The molecule has 0 aromatic heterocycles. The molecule has 0 aliphatic rings. The van der Waals surface area contributed by atoms with Crippen LogP contribution < -0.4 is 0 Å². The lowest BCUT2D eigenvalue weighted by Crippen LogP contribution is -2.33. The van der Waals surface area contributed by atoms with Gasteiger partial charge < -0.3 is 14.4 Å². The van der Waals surface area contributed by atoms with Gasteiger partial charge in [-0.1, -0.05) is 0 Å². The highest BCUT2D eigenvalue weighted by Gasteiger charge is 2.12. The maximum Gasteiger partial charge on any atom is 0.409 e. The molecular formula is C9H19NO3. The molecule has 0 rings (SSSR count). The summed E-state index contributed by atoms with van der Waals surface area (Å²) < 4.78 is 9.80. The highest BCUT2D eigenvalue weighted by Crippen LogP contribution is 1.97. The quantitative estimate of drug-likeness (QED) is 0.615. The van der Waals surface area contributed by atoms with Crippen molar-refractivity contribution in [3.8, 4) is 0 Å². The molecule has 78 valence electrons. The smallest absolute Gasteiger partial charge is 0.409 e. The van der Waals surface area contributed by atoms with Crippen molar-refractivity contribution in [1.82, 2.24) is 4.90 Å². The Labute approximate surface area is 79.8 Å². The van der Waals surface area contributed by atoms with Crippen LogP contribution in [0.15, 0.2) is 0 Å².